The van der Waals surface area contributed by atoms with Crippen LogP contribution in [0.15, 0.2) is 36.4 Å². The molecule has 1 aromatic heterocycles. The molecular weight excluding hydrogens is 264 g/mol. The Bertz CT molecular complexity index is 734. The van der Waals surface area contributed by atoms with E-state index in [1.165, 1.54) is 11.3 Å². The van der Waals surface area contributed by atoms with Gasteiger partial charge >= 0.3 is 0 Å². The van der Waals surface area contributed by atoms with E-state index in [-0.39, 0.29) is 0 Å². The van der Waals surface area contributed by atoms with Crippen LogP contribution in [0.25, 0.3) is 22.0 Å². The van der Waals surface area contributed by atoms with Crippen LogP contribution in [0.4, 0.5) is 5.13 Å². The highest BCUT2D eigenvalue weighted by molar-refractivity contribution is 7.15. The topological polar surface area (TPSA) is 38.9 Å². The molecule has 0 amide bonds. The molecule has 18 heavy (non-hydrogen) atoms. The minimum Gasteiger partial charge on any atom is -0.375 e. The van der Waals surface area contributed by atoms with Crippen molar-refractivity contribution < 1.29 is 0 Å². The van der Waals surface area contributed by atoms with Gasteiger partial charge in [-0.05, 0) is 18.4 Å². The molecule has 0 fully saturated rings. The largest absolute Gasteiger partial charge is 0.375 e. The first-order valence-electron chi connectivity index (χ1n) is 5.57. The van der Waals surface area contributed by atoms with Gasteiger partial charge in [0.2, 0.25) is 0 Å². The lowest BCUT2D eigenvalue weighted by Gasteiger charge is -2.06. The van der Waals surface area contributed by atoms with E-state index in [9.17, 15) is 0 Å². The molecule has 0 bridgehead atoms. The van der Waals surface area contributed by atoms with Crippen LogP contribution < -0.4 is 5.73 Å². The van der Waals surface area contributed by atoms with Gasteiger partial charge in [-0.1, -0.05) is 41.9 Å². The fourth-order valence-corrected chi connectivity index (χ4v) is 3.07. The van der Waals surface area contributed by atoms with Crippen LogP contribution in [0, 0.1) is 6.92 Å². The normalized spacial score (nSPS) is 11.0. The molecule has 1 heterocycles. The number of nitrogens with two attached hydrogens (primary N) is 1. The monoisotopic (exact) mass is 274 g/mol. The van der Waals surface area contributed by atoms with E-state index >= 15 is 0 Å². The van der Waals surface area contributed by atoms with Crippen LogP contribution in [-0.2, 0) is 0 Å². The standard InChI is InChI=1S/C14H11ClN2S/c1-8-13(17-14(16)18-8)11-6-7-12(15)10-5-3-2-4-9(10)11/h2-7H,1H3,(H2,16,17). The van der Waals surface area contributed by atoms with E-state index in [1.807, 2.05) is 37.3 Å². The van der Waals surface area contributed by atoms with Crippen molar-refractivity contribution in [3.8, 4) is 11.3 Å². The number of benzene rings is 2. The minimum atomic E-state index is 0.599. The third-order valence-electron chi connectivity index (χ3n) is 2.94. The number of thiazole rings is 1. The number of hydrogen-bond acceptors (Lipinski definition) is 3. The Kier molecular flexibility index (Phi) is 2.73. The minimum absolute atomic E-state index is 0.599. The molecule has 90 valence electrons. The third-order valence-corrected chi connectivity index (χ3v) is 4.07. The molecule has 2 nitrogen and oxygen atoms in total. The first-order valence-corrected chi connectivity index (χ1v) is 6.77. The summed E-state index contributed by atoms with van der Waals surface area (Å²) in [6.07, 6.45) is 0. The lowest BCUT2D eigenvalue weighted by Crippen LogP contribution is -1.86. The molecule has 0 unspecified atom stereocenters. The van der Waals surface area contributed by atoms with Gasteiger partial charge in [-0.15, -0.1) is 11.3 Å². The summed E-state index contributed by atoms with van der Waals surface area (Å²) < 4.78 is 0. The average molecular weight is 275 g/mol. The Morgan fingerprint density at radius 1 is 1.11 bits per heavy atom. The highest BCUT2D eigenvalue weighted by atomic mass is 35.5. The van der Waals surface area contributed by atoms with Gasteiger partial charge < -0.3 is 5.73 Å². The molecule has 3 aromatic rings. The molecule has 0 spiro atoms. The van der Waals surface area contributed by atoms with E-state index in [2.05, 4.69) is 11.1 Å². The molecule has 4 heteroatoms. The summed E-state index contributed by atoms with van der Waals surface area (Å²) in [4.78, 5) is 5.54. The number of anilines is 1. The summed E-state index contributed by atoms with van der Waals surface area (Å²) in [6, 6.07) is 12.0. The Morgan fingerprint density at radius 2 is 1.83 bits per heavy atom. The summed E-state index contributed by atoms with van der Waals surface area (Å²) in [5.41, 5.74) is 7.81. The van der Waals surface area contributed by atoms with Crippen molar-refractivity contribution in [3.63, 3.8) is 0 Å². The maximum atomic E-state index is 6.22. The quantitative estimate of drug-likeness (QED) is 0.709. The van der Waals surface area contributed by atoms with E-state index < -0.39 is 0 Å². The maximum Gasteiger partial charge on any atom is 0.180 e. The van der Waals surface area contributed by atoms with Crippen molar-refractivity contribution in [2.75, 3.05) is 5.73 Å². The number of hydrogen-bond donors (Lipinski definition) is 1. The van der Waals surface area contributed by atoms with Crippen LogP contribution >= 0.6 is 22.9 Å². The molecule has 3 rings (SSSR count). The number of fused-ring (bicyclic) bond motifs is 1. The maximum absolute atomic E-state index is 6.22. The predicted octanol–water partition coefficient (Wildman–Crippen LogP) is 4.51. The second-order valence-corrected chi connectivity index (χ2v) is 5.74. The second-order valence-electron chi connectivity index (χ2n) is 4.10. The Balaban J connectivity index is 2.37. The van der Waals surface area contributed by atoms with Crippen molar-refractivity contribution >= 4 is 38.8 Å². The zero-order valence-electron chi connectivity index (χ0n) is 9.77. The third kappa shape index (κ3) is 1.76. The number of rotatable bonds is 1. The van der Waals surface area contributed by atoms with Gasteiger partial charge in [-0.3, -0.25) is 0 Å². The lowest BCUT2D eigenvalue weighted by molar-refractivity contribution is 1.39. The summed E-state index contributed by atoms with van der Waals surface area (Å²) in [7, 11) is 0. The molecule has 0 saturated carbocycles. The van der Waals surface area contributed by atoms with Crippen molar-refractivity contribution in [1.29, 1.82) is 0 Å². The van der Waals surface area contributed by atoms with Crippen molar-refractivity contribution in [2.24, 2.45) is 0 Å². The zero-order valence-corrected chi connectivity index (χ0v) is 11.3. The Hall–Kier alpha value is -1.58. The lowest BCUT2D eigenvalue weighted by atomic mass is 10.0. The molecule has 0 aliphatic carbocycles. The number of aryl methyl sites for hydroxylation is 1. The fraction of sp³-hybridized carbons (Fsp3) is 0.0714. The molecule has 0 aliphatic rings. The Labute approximate surface area is 114 Å². The first kappa shape index (κ1) is 11.5. The van der Waals surface area contributed by atoms with Gasteiger partial charge in [0.15, 0.2) is 5.13 Å². The summed E-state index contributed by atoms with van der Waals surface area (Å²) in [5, 5.41) is 3.51. The van der Waals surface area contributed by atoms with E-state index in [0.29, 0.717) is 5.13 Å². The van der Waals surface area contributed by atoms with Crippen LogP contribution in [0.5, 0.6) is 0 Å². The number of aromatic nitrogens is 1. The molecule has 2 N–H and O–H groups in total. The SMILES string of the molecule is Cc1sc(N)nc1-c1ccc(Cl)c2ccccc12. The van der Waals surface area contributed by atoms with Gasteiger partial charge in [0.25, 0.3) is 0 Å². The Morgan fingerprint density at radius 3 is 2.50 bits per heavy atom. The van der Waals surface area contributed by atoms with Gasteiger partial charge in [0.05, 0.1) is 5.69 Å². The van der Waals surface area contributed by atoms with Crippen LogP contribution in [0.1, 0.15) is 4.88 Å². The molecule has 0 radical (unpaired) electrons. The average Bonchev–Trinajstić information content (AvgIpc) is 2.69. The summed E-state index contributed by atoms with van der Waals surface area (Å²) in [5.74, 6) is 0. The molecule has 0 saturated heterocycles. The van der Waals surface area contributed by atoms with E-state index in [1.54, 1.807) is 0 Å². The van der Waals surface area contributed by atoms with Gasteiger partial charge in [-0.2, -0.15) is 0 Å². The van der Waals surface area contributed by atoms with Crippen molar-refractivity contribution in [3.05, 3.63) is 46.3 Å². The van der Waals surface area contributed by atoms with Crippen molar-refractivity contribution in [2.45, 2.75) is 6.92 Å². The van der Waals surface area contributed by atoms with Gasteiger partial charge in [0.1, 0.15) is 0 Å². The predicted molar refractivity (Wildman–Crippen MR) is 79.2 cm³/mol. The van der Waals surface area contributed by atoms with Crippen LogP contribution in [0.3, 0.4) is 0 Å². The van der Waals surface area contributed by atoms with E-state index in [0.717, 1.165) is 31.9 Å². The van der Waals surface area contributed by atoms with Crippen LogP contribution in [0.2, 0.25) is 5.02 Å². The molecule has 2 aromatic carbocycles. The van der Waals surface area contributed by atoms with Gasteiger partial charge in [-0.25, -0.2) is 4.98 Å². The smallest absolute Gasteiger partial charge is 0.180 e. The molecule has 0 aliphatic heterocycles. The second kappa shape index (κ2) is 4.26. The highest BCUT2D eigenvalue weighted by Gasteiger charge is 2.12. The van der Waals surface area contributed by atoms with Crippen LogP contribution in [-0.4, -0.2) is 4.98 Å². The first-order chi connectivity index (χ1) is 8.66. The zero-order chi connectivity index (χ0) is 12.7. The highest BCUT2D eigenvalue weighted by Crippen LogP contribution is 2.36. The van der Waals surface area contributed by atoms with E-state index in [4.69, 9.17) is 17.3 Å². The molecule has 0 atom stereocenters. The summed E-state index contributed by atoms with van der Waals surface area (Å²) in [6.45, 7) is 2.03. The van der Waals surface area contributed by atoms with Gasteiger partial charge in [0, 0.05) is 20.8 Å². The molecular formula is C14H11ClN2S. The summed E-state index contributed by atoms with van der Waals surface area (Å²) >= 11 is 7.73. The fourth-order valence-electron chi connectivity index (χ4n) is 2.14. The number of nitrogen functional groups attached to an aromatic ring is 1. The number of nitrogens with zero attached hydrogens (tertiary/aromatic N) is 1. The number of halogens is 1. The van der Waals surface area contributed by atoms with Crippen molar-refractivity contribution in [1.82, 2.24) is 4.98 Å².